The first kappa shape index (κ1) is 15.1. The molecule has 1 atom stereocenters. The number of rotatable bonds is 6. The molecule has 18 heavy (non-hydrogen) atoms. The van der Waals surface area contributed by atoms with Crippen molar-refractivity contribution in [3.63, 3.8) is 0 Å². The molecule has 0 spiro atoms. The van der Waals surface area contributed by atoms with Gasteiger partial charge in [-0.15, -0.1) is 0 Å². The Morgan fingerprint density at radius 2 is 2.06 bits per heavy atom. The van der Waals surface area contributed by atoms with Gasteiger partial charge >= 0.3 is 0 Å². The number of aryl methyl sites for hydroxylation is 1. The number of benzene rings is 1. The van der Waals surface area contributed by atoms with E-state index in [1.54, 1.807) is 19.1 Å². The van der Waals surface area contributed by atoms with E-state index in [0.29, 0.717) is 17.5 Å². The van der Waals surface area contributed by atoms with Crippen LogP contribution in [0.25, 0.3) is 0 Å². The molecular weight excluding hydrogens is 253 g/mol. The van der Waals surface area contributed by atoms with Crippen LogP contribution in [0, 0.1) is 12.7 Å². The molecule has 1 rings (SSSR count). The highest BCUT2D eigenvalue weighted by molar-refractivity contribution is 7.91. The molecule has 0 amide bonds. The summed E-state index contributed by atoms with van der Waals surface area (Å²) < 4.78 is 36.6. The van der Waals surface area contributed by atoms with Gasteiger partial charge in [-0.1, -0.05) is 25.5 Å². The Hall–Kier alpha value is -0.940. The molecule has 0 aromatic heterocycles. The molecule has 1 aromatic carbocycles. The zero-order valence-electron chi connectivity index (χ0n) is 10.8. The van der Waals surface area contributed by atoms with Gasteiger partial charge in [0.15, 0.2) is 9.84 Å². The van der Waals surface area contributed by atoms with E-state index >= 15 is 0 Å². The van der Waals surface area contributed by atoms with Gasteiger partial charge in [0.05, 0.1) is 11.5 Å². The van der Waals surface area contributed by atoms with Crippen LogP contribution in [0.5, 0.6) is 0 Å². The van der Waals surface area contributed by atoms with Crippen LogP contribution in [0.15, 0.2) is 18.2 Å². The molecule has 0 aliphatic heterocycles. The Bertz CT molecular complexity index is 500. The number of halogens is 1. The zero-order valence-corrected chi connectivity index (χ0v) is 11.6. The Morgan fingerprint density at radius 1 is 1.39 bits per heavy atom. The summed E-state index contributed by atoms with van der Waals surface area (Å²) in [6.45, 7) is 3.58. The molecular formula is C13H20FNO2S. The number of hydrogen-bond donors (Lipinski definition) is 1. The molecule has 2 N–H and O–H groups in total. The summed E-state index contributed by atoms with van der Waals surface area (Å²) in [6.07, 6.45) is 1.49. The number of nitrogens with two attached hydrogens (primary N) is 1. The lowest BCUT2D eigenvalue weighted by Gasteiger charge is -2.13. The molecule has 0 fully saturated rings. The highest BCUT2D eigenvalue weighted by atomic mass is 32.2. The average Bonchev–Trinajstić information content (AvgIpc) is 2.29. The largest absolute Gasteiger partial charge is 0.323 e. The fourth-order valence-electron chi connectivity index (χ4n) is 1.72. The standard InChI is InChI=1S/C13H20FNO2S/c1-3-4-7-18(16,17)9-13(15)11-5-6-12(14)10(2)8-11/h5-6,8,13H,3-4,7,9,15H2,1-2H3. The van der Waals surface area contributed by atoms with Gasteiger partial charge in [0.25, 0.3) is 0 Å². The van der Waals surface area contributed by atoms with Gasteiger partial charge in [0.2, 0.25) is 0 Å². The highest BCUT2D eigenvalue weighted by Crippen LogP contribution is 2.17. The monoisotopic (exact) mass is 273 g/mol. The first-order chi connectivity index (χ1) is 8.35. The van der Waals surface area contributed by atoms with E-state index in [-0.39, 0.29) is 17.3 Å². The first-order valence-corrected chi connectivity index (χ1v) is 7.90. The van der Waals surface area contributed by atoms with Crippen molar-refractivity contribution in [1.82, 2.24) is 0 Å². The van der Waals surface area contributed by atoms with Crippen LogP contribution in [0.2, 0.25) is 0 Å². The average molecular weight is 273 g/mol. The molecule has 0 aliphatic rings. The third kappa shape index (κ3) is 4.38. The summed E-state index contributed by atoms with van der Waals surface area (Å²) in [5.41, 5.74) is 7.01. The van der Waals surface area contributed by atoms with Gasteiger partial charge in [0.1, 0.15) is 5.82 Å². The van der Waals surface area contributed by atoms with E-state index < -0.39 is 15.9 Å². The Kier molecular flexibility index (Phi) is 5.28. The second-order valence-electron chi connectivity index (χ2n) is 4.58. The van der Waals surface area contributed by atoms with Gasteiger partial charge in [-0.25, -0.2) is 12.8 Å². The van der Waals surface area contributed by atoms with Crippen molar-refractivity contribution >= 4 is 9.84 Å². The van der Waals surface area contributed by atoms with Crippen LogP contribution in [0.3, 0.4) is 0 Å². The van der Waals surface area contributed by atoms with Crippen molar-refractivity contribution in [2.75, 3.05) is 11.5 Å². The fourth-order valence-corrected chi connectivity index (χ4v) is 3.35. The molecule has 1 aromatic rings. The van der Waals surface area contributed by atoms with Crippen LogP contribution >= 0.6 is 0 Å². The quantitative estimate of drug-likeness (QED) is 0.865. The van der Waals surface area contributed by atoms with E-state index in [1.807, 2.05) is 6.92 Å². The Morgan fingerprint density at radius 3 is 2.61 bits per heavy atom. The highest BCUT2D eigenvalue weighted by Gasteiger charge is 2.17. The summed E-state index contributed by atoms with van der Waals surface area (Å²) >= 11 is 0. The molecule has 0 heterocycles. The number of sulfone groups is 1. The predicted octanol–water partition coefficient (Wildman–Crippen LogP) is 2.35. The zero-order chi connectivity index (χ0) is 13.8. The molecule has 0 saturated carbocycles. The van der Waals surface area contributed by atoms with Crippen molar-refractivity contribution in [1.29, 1.82) is 0 Å². The van der Waals surface area contributed by atoms with Crippen molar-refractivity contribution in [3.8, 4) is 0 Å². The topological polar surface area (TPSA) is 60.2 Å². The van der Waals surface area contributed by atoms with Crippen molar-refractivity contribution < 1.29 is 12.8 Å². The molecule has 0 saturated heterocycles. The van der Waals surface area contributed by atoms with Gasteiger partial charge in [-0.3, -0.25) is 0 Å². The maximum absolute atomic E-state index is 13.1. The SMILES string of the molecule is CCCCS(=O)(=O)CC(N)c1ccc(F)c(C)c1. The number of unbranched alkanes of at least 4 members (excludes halogenated alkanes) is 1. The maximum Gasteiger partial charge on any atom is 0.152 e. The summed E-state index contributed by atoms with van der Waals surface area (Å²) in [6, 6.07) is 3.88. The summed E-state index contributed by atoms with van der Waals surface area (Å²) in [5, 5.41) is 0. The predicted molar refractivity (Wildman–Crippen MR) is 71.6 cm³/mol. The molecule has 3 nitrogen and oxygen atoms in total. The van der Waals surface area contributed by atoms with Crippen LogP contribution in [0.4, 0.5) is 4.39 Å². The van der Waals surface area contributed by atoms with Crippen molar-refractivity contribution in [3.05, 3.63) is 35.1 Å². The minimum Gasteiger partial charge on any atom is -0.323 e. The molecule has 1 unspecified atom stereocenters. The second-order valence-corrected chi connectivity index (χ2v) is 6.81. The number of hydrogen-bond acceptors (Lipinski definition) is 3. The first-order valence-electron chi connectivity index (χ1n) is 6.08. The lowest BCUT2D eigenvalue weighted by Crippen LogP contribution is -2.23. The lowest BCUT2D eigenvalue weighted by molar-refractivity contribution is 0.585. The van der Waals surface area contributed by atoms with E-state index in [2.05, 4.69) is 0 Å². The van der Waals surface area contributed by atoms with Crippen LogP contribution in [-0.2, 0) is 9.84 Å². The molecule has 0 radical (unpaired) electrons. The van der Waals surface area contributed by atoms with Gasteiger partial charge in [-0.2, -0.15) is 0 Å². The Balaban J connectivity index is 2.75. The van der Waals surface area contributed by atoms with E-state index in [0.717, 1.165) is 6.42 Å². The van der Waals surface area contributed by atoms with E-state index in [9.17, 15) is 12.8 Å². The van der Waals surface area contributed by atoms with Crippen molar-refractivity contribution in [2.45, 2.75) is 32.7 Å². The molecule has 0 bridgehead atoms. The van der Waals surface area contributed by atoms with Crippen LogP contribution < -0.4 is 5.73 Å². The fraction of sp³-hybridized carbons (Fsp3) is 0.538. The van der Waals surface area contributed by atoms with Crippen LogP contribution in [-0.4, -0.2) is 19.9 Å². The van der Waals surface area contributed by atoms with Gasteiger partial charge < -0.3 is 5.73 Å². The van der Waals surface area contributed by atoms with Crippen molar-refractivity contribution in [2.24, 2.45) is 5.73 Å². The summed E-state index contributed by atoms with van der Waals surface area (Å²) in [5.74, 6) is -0.227. The van der Waals surface area contributed by atoms with Gasteiger partial charge in [-0.05, 0) is 30.5 Å². The molecule has 0 aliphatic carbocycles. The molecule has 5 heteroatoms. The third-order valence-electron chi connectivity index (χ3n) is 2.85. The second kappa shape index (κ2) is 6.29. The summed E-state index contributed by atoms with van der Waals surface area (Å²) in [4.78, 5) is 0. The summed E-state index contributed by atoms with van der Waals surface area (Å²) in [7, 11) is -3.13. The third-order valence-corrected chi connectivity index (χ3v) is 4.63. The van der Waals surface area contributed by atoms with Crippen LogP contribution in [0.1, 0.15) is 36.9 Å². The molecule has 102 valence electrons. The maximum atomic E-state index is 13.1. The normalized spacial score (nSPS) is 13.6. The van der Waals surface area contributed by atoms with E-state index in [4.69, 9.17) is 5.73 Å². The van der Waals surface area contributed by atoms with E-state index in [1.165, 1.54) is 6.07 Å². The lowest BCUT2D eigenvalue weighted by atomic mass is 10.1. The minimum atomic E-state index is -3.13. The smallest absolute Gasteiger partial charge is 0.152 e. The Labute approximate surface area is 108 Å². The minimum absolute atomic E-state index is 0.0852. The van der Waals surface area contributed by atoms with Gasteiger partial charge in [0, 0.05) is 6.04 Å².